The van der Waals surface area contributed by atoms with E-state index in [9.17, 15) is 9.59 Å². The van der Waals surface area contributed by atoms with Crippen LogP contribution in [0.15, 0.2) is 24.3 Å². The molecule has 0 spiro atoms. The molecule has 0 atom stereocenters. The first-order valence-electron chi connectivity index (χ1n) is 5.56. The lowest BCUT2D eigenvalue weighted by Crippen LogP contribution is -2.42. The number of carbonyl (C=O) groups is 2. The molecule has 4 nitrogen and oxygen atoms in total. The molecule has 0 heterocycles. The second-order valence-electron chi connectivity index (χ2n) is 4.29. The van der Waals surface area contributed by atoms with Crippen LogP contribution in [0.4, 0.5) is 0 Å². The number of ether oxygens (including phenoxy) is 1. The molecule has 0 aliphatic heterocycles. The van der Waals surface area contributed by atoms with Crippen molar-refractivity contribution in [3.63, 3.8) is 0 Å². The molecular formula is C13H15NO3. The zero-order valence-corrected chi connectivity index (χ0v) is 9.95. The number of carbonyl (C=O) groups excluding carboxylic acids is 2. The highest BCUT2D eigenvalue weighted by molar-refractivity contribution is 6.02. The van der Waals surface area contributed by atoms with E-state index in [0.717, 1.165) is 12.8 Å². The Labute approximate surface area is 100.0 Å². The van der Waals surface area contributed by atoms with Crippen LogP contribution in [0.1, 0.15) is 30.1 Å². The number of ketones is 1. The van der Waals surface area contributed by atoms with Crippen LogP contribution in [-0.4, -0.2) is 24.3 Å². The van der Waals surface area contributed by atoms with E-state index in [1.54, 1.807) is 24.3 Å². The summed E-state index contributed by atoms with van der Waals surface area (Å²) in [6, 6.07) is 6.98. The van der Waals surface area contributed by atoms with Gasteiger partial charge in [0.2, 0.25) is 0 Å². The van der Waals surface area contributed by atoms with Gasteiger partial charge in [0.1, 0.15) is 5.75 Å². The summed E-state index contributed by atoms with van der Waals surface area (Å²) in [5.41, 5.74) is -0.166. The van der Waals surface area contributed by atoms with Gasteiger partial charge in [0.25, 0.3) is 5.91 Å². The van der Waals surface area contributed by atoms with Crippen molar-refractivity contribution >= 4 is 11.7 Å². The number of amides is 1. The average molecular weight is 233 g/mol. The molecule has 0 saturated heterocycles. The molecule has 1 aliphatic rings. The Morgan fingerprint density at radius 1 is 1.29 bits per heavy atom. The fourth-order valence-corrected chi connectivity index (χ4v) is 1.81. The molecular weight excluding hydrogens is 218 g/mol. The first kappa shape index (κ1) is 11.6. The van der Waals surface area contributed by atoms with Crippen molar-refractivity contribution in [2.75, 3.05) is 7.11 Å². The van der Waals surface area contributed by atoms with Crippen LogP contribution < -0.4 is 10.1 Å². The summed E-state index contributed by atoms with van der Waals surface area (Å²) in [4.78, 5) is 23.4. The van der Waals surface area contributed by atoms with Crippen LogP contribution in [-0.2, 0) is 4.79 Å². The van der Waals surface area contributed by atoms with Crippen molar-refractivity contribution in [2.45, 2.75) is 25.3 Å². The third-order valence-corrected chi connectivity index (χ3v) is 3.13. The van der Waals surface area contributed by atoms with Crippen molar-refractivity contribution in [2.24, 2.45) is 0 Å². The Balaban J connectivity index is 2.18. The van der Waals surface area contributed by atoms with E-state index in [2.05, 4.69) is 5.32 Å². The summed E-state index contributed by atoms with van der Waals surface area (Å²) in [5, 5.41) is 2.79. The minimum absolute atomic E-state index is 0.0146. The summed E-state index contributed by atoms with van der Waals surface area (Å²) in [6.45, 7) is 1.51. The molecule has 0 bridgehead atoms. The summed E-state index contributed by atoms with van der Waals surface area (Å²) in [6.07, 6.45) is 1.45. The fourth-order valence-electron chi connectivity index (χ4n) is 1.81. The van der Waals surface area contributed by atoms with Gasteiger partial charge in [-0.05, 0) is 31.9 Å². The molecule has 1 fully saturated rings. The molecule has 2 rings (SSSR count). The third-order valence-electron chi connectivity index (χ3n) is 3.13. The first-order valence-corrected chi connectivity index (χ1v) is 5.56. The predicted octanol–water partition coefficient (Wildman–Crippen LogP) is 1.55. The van der Waals surface area contributed by atoms with Gasteiger partial charge in [-0.15, -0.1) is 0 Å². The van der Waals surface area contributed by atoms with Crippen LogP contribution in [0.2, 0.25) is 0 Å². The highest BCUT2D eigenvalue weighted by Crippen LogP contribution is 2.36. The van der Waals surface area contributed by atoms with E-state index in [-0.39, 0.29) is 11.7 Å². The number of para-hydroxylation sites is 1. The number of nitrogens with one attached hydrogen (secondary N) is 1. The van der Waals surface area contributed by atoms with Crippen LogP contribution in [0.3, 0.4) is 0 Å². The van der Waals surface area contributed by atoms with Crippen molar-refractivity contribution < 1.29 is 14.3 Å². The summed E-state index contributed by atoms with van der Waals surface area (Å²) >= 11 is 0. The maximum absolute atomic E-state index is 12.0. The topological polar surface area (TPSA) is 55.4 Å². The highest BCUT2D eigenvalue weighted by Gasteiger charge is 2.48. The molecule has 17 heavy (non-hydrogen) atoms. The summed E-state index contributed by atoms with van der Waals surface area (Å²) in [5.74, 6) is 0.278. The monoisotopic (exact) mass is 233 g/mol. The Bertz CT molecular complexity index is 463. The van der Waals surface area contributed by atoms with E-state index in [4.69, 9.17) is 4.74 Å². The smallest absolute Gasteiger partial charge is 0.255 e. The molecule has 0 unspecified atom stereocenters. The van der Waals surface area contributed by atoms with Crippen molar-refractivity contribution in [3.05, 3.63) is 29.8 Å². The minimum Gasteiger partial charge on any atom is -0.496 e. The Morgan fingerprint density at radius 3 is 2.47 bits per heavy atom. The molecule has 0 radical (unpaired) electrons. The van der Waals surface area contributed by atoms with E-state index in [0.29, 0.717) is 11.3 Å². The van der Waals surface area contributed by atoms with Crippen LogP contribution >= 0.6 is 0 Å². The number of benzene rings is 1. The van der Waals surface area contributed by atoms with Gasteiger partial charge in [0.05, 0.1) is 18.2 Å². The van der Waals surface area contributed by atoms with E-state index < -0.39 is 5.54 Å². The van der Waals surface area contributed by atoms with Crippen molar-refractivity contribution in [1.82, 2.24) is 5.32 Å². The number of methoxy groups -OCH3 is 1. The zero-order chi connectivity index (χ0) is 12.5. The number of hydrogen-bond donors (Lipinski definition) is 1. The van der Waals surface area contributed by atoms with Gasteiger partial charge in [-0.1, -0.05) is 12.1 Å². The standard InChI is InChI=1S/C13H15NO3/c1-9(15)13(7-8-13)14-12(16)10-5-3-4-6-11(10)17-2/h3-6H,7-8H2,1-2H3,(H,14,16). The fraction of sp³-hybridized carbons (Fsp3) is 0.385. The predicted molar refractivity (Wildman–Crippen MR) is 63.1 cm³/mol. The van der Waals surface area contributed by atoms with Gasteiger partial charge >= 0.3 is 0 Å². The summed E-state index contributed by atoms with van der Waals surface area (Å²) in [7, 11) is 1.52. The second kappa shape index (κ2) is 4.20. The Kier molecular flexibility index (Phi) is 2.88. The molecule has 0 aromatic heterocycles. The lowest BCUT2D eigenvalue weighted by Gasteiger charge is -2.15. The van der Waals surface area contributed by atoms with Gasteiger partial charge in [-0.2, -0.15) is 0 Å². The molecule has 1 aromatic carbocycles. The van der Waals surface area contributed by atoms with Gasteiger partial charge in [0.15, 0.2) is 5.78 Å². The number of rotatable bonds is 4. The van der Waals surface area contributed by atoms with Gasteiger partial charge in [0, 0.05) is 0 Å². The lowest BCUT2D eigenvalue weighted by molar-refractivity contribution is -0.119. The second-order valence-corrected chi connectivity index (χ2v) is 4.29. The van der Waals surface area contributed by atoms with Gasteiger partial charge in [-0.3, -0.25) is 9.59 Å². The lowest BCUT2D eigenvalue weighted by atomic mass is 10.1. The zero-order valence-electron chi connectivity index (χ0n) is 9.95. The van der Waals surface area contributed by atoms with Crippen molar-refractivity contribution in [3.8, 4) is 5.75 Å². The van der Waals surface area contributed by atoms with E-state index >= 15 is 0 Å². The minimum atomic E-state index is -0.627. The Hall–Kier alpha value is -1.84. The molecule has 1 aliphatic carbocycles. The average Bonchev–Trinajstić information content (AvgIpc) is 3.10. The molecule has 1 N–H and O–H groups in total. The van der Waals surface area contributed by atoms with Gasteiger partial charge < -0.3 is 10.1 Å². The van der Waals surface area contributed by atoms with Crippen LogP contribution in [0.5, 0.6) is 5.75 Å². The molecule has 1 amide bonds. The normalized spacial score (nSPS) is 16.1. The van der Waals surface area contributed by atoms with Crippen LogP contribution in [0, 0.1) is 0 Å². The Morgan fingerprint density at radius 2 is 1.94 bits per heavy atom. The maximum Gasteiger partial charge on any atom is 0.255 e. The first-order chi connectivity index (χ1) is 8.09. The molecule has 90 valence electrons. The van der Waals surface area contributed by atoms with E-state index in [1.165, 1.54) is 14.0 Å². The van der Waals surface area contributed by atoms with Crippen LogP contribution in [0.25, 0.3) is 0 Å². The summed E-state index contributed by atoms with van der Waals surface area (Å²) < 4.78 is 5.12. The molecule has 1 saturated carbocycles. The SMILES string of the molecule is COc1ccccc1C(=O)NC1(C(C)=O)CC1. The number of Topliss-reactive ketones (excluding diaryl/α,β-unsaturated/α-hetero) is 1. The molecule has 1 aromatic rings. The number of hydrogen-bond acceptors (Lipinski definition) is 3. The maximum atomic E-state index is 12.0. The van der Waals surface area contributed by atoms with E-state index in [1.807, 2.05) is 0 Å². The van der Waals surface area contributed by atoms with Gasteiger partial charge in [-0.25, -0.2) is 0 Å². The third kappa shape index (κ3) is 2.16. The molecule has 4 heteroatoms. The quantitative estimate of drug-likeness (QED) is 0.858. The van der Waals surface area contributed by atoms with Crippen molar-refractivity contribution in [1.29, 1.82) is 0 Å². The largest absolute Gasteiger partial charge is 0.496 e. The highest BCUT2D eigenvalue weighted by atomic mass is 16.5.